The Bertz CT molecular complexity index is 1070. The molecule has 138 valence electrons. The lowest BCUT2D eigenvalue weighted by Crippen LogP contribution is -2.19. The molecule has 0 saturated carbocycles. The number of aromatic nitrogens is 3. The molecule has 1 unspecified atom stereocenters. The van der Waals surface area contributed by atoms with Gasteiger partial charge in [0.2, 0.25) is 0 Å². The van der Waals surface area contributed by atoms with Crippen LogP contribution in [0.15, 0.2) is 48.2 Å². The topological polar surface area (TPSA) is 60.2 Å². The van der Waals surface area contributed by atoms with Crippen molar-refractivity contribution >= 4 is 33.8 Å². The van der Waals surface area contributed by atoms with Gasteiger partial charge in [-0.2, -0.15) is 0 Å². The van der Waals surface area contributed by atoms with E-state index in [2.05, 4.69) is 39.6 Å². The van der Waals surface area contributed by atoms with Gasteiger partial charge in [-0.3, -0.25) is 4.57 Å². The predicted octanol–water partition coefficient (Wildman–Crippen LogP) is 4.95. The number of nitrogens with zero attached hydrogens (tertiary/aromatic N) is 3. The molecule has 0 aliphatic carbocycles. The Labute approximate surface area is 164 Å². The average molecular weight is 398 g/mol. The van der Waals surface area contributed by atoms with Crippen LogP contribution in [-0.2, 0) is 4.74 Å². The van der Waals surface area contributed by atoms with Crippen molar-refractivity contribution in [2.24, 2.45) is 0 Å². The van der Waals surface area contributed by atoms with Gasteiger partial charge in [-0.1, -0.05) is 13.0 Å². The zero-order valence-corrected chi connectivity index (χ0v) is 16.4. The Morgan fingerprint density at radius 1 is 1.19 bits per heavy atom. The summed E-state index contributed by atoms with van der Waals surface area (Å²) in [7, 11) is 0. The Morgan fingerprint density at radius 3 is 2.85 bits per heavy atom. The molecule has 0 amide bonds. The predicted molar refractivity (Wildman–Crippen MR) is 109 cm³/mol. The number of aliphatic hydroxyl groups excluding tert-OH is 1. The van der Waals surface area contributed by atoms with Crippen LogP contribution < -0.4 is 0 Å². The maximum Gasteiger partial charge on any atom is 0.162 e. The summed E-state index contributed by atoms with van der Waals surface area (Å²) < 4.78 is 7.96. The largest absolute Gasteiger partial charge is 0.390 e. The first-order chi connectivity index (χ1) is 13.2. The van der Waals surface area contributed by atoms with E-state index in [9.17, 15) is 5.11 Å². The van der Waals surface area contributed by atoms with Crippen LogP contribution in [0, 0.1) is 0 Å². The minimum atomic E-state index is -0.439. The smallest absolute Gasteiger partial charge is 0.162 e. The number of hydrogen-bond donors (Lipinski definition) is 1. The first-order valence-electron chi connectivity index (χ1n) is 9.03. The maximum atomic E-state index is 10.2. The lowest BCUT2D eigenvalue weighted by molar-refractivity contribution is -0.0183. The second kappa shape index (κ2) is 6.83. The molecular formula is C20H19N3O2S2. The molecule has 1 N–H and O–H groups in total. The van der Waals surface area contributed by atoms with Crippen molar-refractivity contribution in [3.05, 3.63) is 48.2 Å². The number of imidazole rings is 1. The van der Waals surface area contributed by atoms with Crippen LogP contribution in [0.4, 0.5) is 0 Å². The van der Waals surface area contributed by atoms with E-state index in [0.717, 1.165) is 23.1 Å². The van der Waals surface area contributed by atoms with Crippen molar-refractivity contribution in [1.82, 2.24) is 14.5 Å². The van der Waals surface area contributed by atoms with Crippen LogP contribution in [0.3, 0.4) is 0 Å². The normalized spacial score (nSPS) is 22.7. The summed E-state index contributed by atoms with van der Waals surface area (Å²) >= 11 is 3.52. The van der Waals surface area contributed by atoms with Crippen molar-refractivity contribution in [2.45, 2.75) is 38.2 Å². The van der Waals surface area contributed by atoms with Crippen LogP contribution >= 0.6 is 22.7 Å². The van der Waals surface area contributed by atoms with Gasteiger partial charge in [0.05, 0.1) is 18.5 Å². The summed E-state index contributed by atoms with van der Waals surface area (Å²) in [5.74, 6) is 0. The van der Waals surface area contributed by atoms with E-state index in [4.69, 9.17) is 4.74 Å². The van der Waals surface area contributed by atoms with Crippen LogP contribution in [-0.4, -0.2) is 31.8 Å². The number of ether oxygens (including phenoxy) is 1. The molecule has 0 radical (unpaired) electrons. The zero-order chi connectivity index (χ0) is 18.4. The molecule has 1 fully saturated rings. The molecule has 5 rings (SSSR count). The summed E-state index contributed by atoms with van der Waals surface area (Å²) in [6, 6.07) is 10.5. The van der Waals surface area contributed by atoms with E-state index in [-0.39, 0.29) is 12.3 Å². The van der Waals surface area contributed by atoms with Crippen molar-refractivity contribution in [3.8, 4) is 20.2 Å². The van der Waals surface area contributed by atoms with Gasteiger partial charge in [-0.25, -0.2) is 9.97 Å². The molecule has 0 spiro atoms. The Hall–Kier alpha value is -2.06. The minimum Gasteiger partial charge on any atom is -0.390 e. The van der Waals surface area contributed by atoms with E-state index >= 15 is 0 Å². The molecule has 5 nitrogen and oxygen atoms in total. The number of aliphatic hydroxyl groups is 1. The first-order valence-corrected chi connectivity index (χ1v) is 10.7. The van der Waals surface area contributed by atoms with Crippen LogP contribution in [0.2, 0.25) is 0 Å². The summed E-state index contributed by atoms with van der Waals surface area (Å²) in [6.45, 7) is 2.03. The molecule has 1 aliphatic rings. The Morgan fingerprint density at radius 2 is 2.07 bits per heavy atom. The van der Waals surface area contributed by atoms with Gasteiger partial charge in [0.15, 0.2) is 5.65 Å². The fraction of sp³-hybridized carbons (Fsp3) is 0.300. The maximum absolute atomic E-state index is 10.2. The number of thiophene rings is 2. The Balaban J connectivity index is 1.53. The average Bonchev–Trinajstić information content (AvgIpc) is 3.45. The van der Waals surface area contributed by atoms with Crippen molar-refractivity contribution in [3.63, 3.8) is 0 Å². The molecule has 3 atom stereocenters. The molecule has 4 aromatic heterocycles. The molecular weight excluding hydrogens is 378 g/mol. The third kappa shape index (κ3) is 2.91. The van der Waals surface area contributed by atoms with Crippen molar-refractivity contribution < 1.29 is 9.84 Å². The highest BCUT2D eigenvalue weighted by Gasteiger charge is 2.34. The van der Waals surface area contributed by atoms with Crippen molar-refractivity contribution in [1.29, 1.82) is 0 Å². The number of pyridine rings is 1. The van der Waals surface area contributed by atoms with E-state index in [1.807, 2.05) is 23.8 Å². The second-order valence-corrected chi connectivity index (χ2v) is 8.70. The van der Waals surface area contributed by atoms with Gasteiger partial charge in [-0.05, 0) is 36.1 Å². The fourth-order valence-electron chi connectivity index (χ4n) is 3.63. The van der Waals surface area contributed by atoms with E-state index in [0.29, 0.717) is 6.42 Å². The lowest BCUT2D eigenvalue weighted by atomic mass is 10.1. The quantitative estimate of drug-likeness (QED) is 0.529. The van der Waals surface area contributed by atoms with E-state index in [1.165, 1.54) is 14.6 Å². The molecule has 1 aliphatic heterocycles. The van der Waals surface area contributed by atoms with Gasteiger partial charge in [0, 0.05) is 32.8 Å². The van der Waals surface area contributed by atoms with E-state index in [1.54, 1.807) is 29.0 Å². The molecule has 4 aromatic rings. The van der Waals surface area contributed by atoms with Crippen LogP contribution in [0.5, 0.6) is 0 Å². The number of rotatable bonds is 4. The summed E-state index contributed by atoms with van der Waals surface area (Å²) in [4.78, 5) is 12.9. The molecule has 0 bridgehead atoms. The first kappa shape index (κ1) is 17.1. The summed E-state index contributed by atoms with van der Waals surface area (Å²) in [5, 5.41) is 12.3. The monoisotopic (exact) mass is 397 g/mol. The number of hydrogen-bond acceptors (Lipinski definition) is 6. The third-order valence-corrected chi connectivity index (χ3v) is 7.20. The highest BCUT2D eigenvalue weighted by atomic mass is 32.1. The van der Waals surface area contributed by atoms with Crippen molar-refractivity contribution in [2.75, 3.05) is 0 Å². The SMILES string of the molecule is CC[C@H]1O[C@@H](n2cnc3c(-c4ccc(-c5cccs5)s4)ccnc32)CC1O. The molecule has 0 aromatic carbocycles. The lowest BCUT2D eigenvalue weighted by Gasteiger charge is -2.14. The van der Waals surface area contributed by atoms with Gasteiger partial charge in [0.25, 0.3) is 0 Å². The Kier molecular flexibility index (Phi) is 4.32. The van der Waals surface area contributed by atoms with Crippen LogP contribution in [0.1, 0.15) is 26.0 Å². The molecule has 5 heterocycles. The molecule has 7 heteroatoms. The van der Waals surface area contributed by atoms with Crippen LogP contribution in [0.25, 0.3) is 31.4 Å². The zero-order valence-electron chi connectivity index (χ0n) is 14.8. The second-order valence-electron chi connectivity index (χ2n) is 6.66. The van der Waals surface area contributed by atoms with Gasteiger partial charge >= 0.3 is 0 Å². The summed E-state index contributed by atoms with van der Waals surface area (Å²) in [6.07, 6.45) is 4.18. The van der Waals surface area contributed by atoms with Gasteiger partial charge in [0.1, 0.15) is 11.7 Å². The standard InChI is InChI=1S/C20H19N3O2S2/c1-2-14-13(24)10-18(25-14)23-11-22-19-12(7-8-21-20(19)23)15-5-6-17(27-15)16-4-3-9-26-16/h3-9,11,13-14,18,24H,2,10H2,1H3/t13?,14-,18-/m1/s1. The van der Waals surface area contributed by atoms with Gasteiger partial charge in [-0.15, -0.1) is 22.7 Å². The highest BCUT2D eigenvalue weighted by Crippen LogP contribution is 2.39. The summed E-state index contributed by atoms with van der Waals surface area (Å²) in [5.41, 5.74) is 2.75. The third-order valence-electron chi connectivity index (χ3n) is 5.01. The minimum absolute atomic E-state index is 0.124. The molecule has 27 heavy (non-hydrogen) atoms. The number of fused-ring (bicyclic) bond motifs is 1. The van der Waals surface area contributed by atoms with Gasteiger partial charge < -0.3 is 9.84 Å². The highest BCUT2D eigenvalue weighted by molar-refractivity contribution is 7.23. The molecule has 1 saturated heterocycles. The fourth-order valence-corrected chi connectivity index (χ4v) is 5.50. The van der Waals surface area contributed by atoms with E-state index < -0.39 is 6.10 Å².